The van der Waals surface area contributed by atoms with Gasteiger partial charge in [-0.2, -0.15) is 0 Å². The lowest BCUT2D eigenvalue weighted by atomic mass is 9.94. The van der Waals surface area contributed by atoms with Crippen LogP contribution in [0.25, 0.3) is 0 Å². The fraction of sp³-hybridized carbons (Fsp3) is 0.462. The van der Waals surface area contributed by atoms with Gasteiger partial charge in [-0.25, -0.2) is 13.2 Å². The average molecular weight is 301 g/mol. The van der Waals surface area contributed by atoms with Crippen molar-refractivity contribution >= 4 is 21.7 Å². The molecule has 0 spiro atoms. The molecule has 0 aliphatic rings. The summed E-state index contributed by atoms with van der Waals surface area (Å²) in [6, 6.07) is 3.54. The third-order valence-electron chi connectivity index (χ3n) is 2.62. The molecule has 0 unspecified atom stereocenters. The van der Waals surface area contributed by atoms with Crippen LogP contribution < -0.4 is 4.72 Å². The quantitative estimate of drug-likeness (QED) is 0.774. The molecule has 1 aromatic rings. The van der Waals surface area contributed by atoms with Crippen LogP contribution in [0, 0.1) is 5.41 Å². The maximum atomic E-state index is 11.9. The largest absolute Gasteiger partial charge is 0.507 e. The summed E-state index contributed by atoms with van der Waals surface area (Å²) in [5.41, 5.74) is -0.242. The first-order chi connectivity index (χ1) is 9.00. The highest BCUT2D eigenvalue weighted by molar-refractivity contribution is 7.92. The molecule has 0 saturated heterocycles. The number of sulfonamides is 1. The van der Waals surface area contributed by atoms with E-state index in [0.29, 0.717) is 6.42 Å². The van der Waals surface area contributed by atoms with Gasteiger partial charge in [0.05, 0.1) is 11.4 Å². The van der Waals surface area contributed by atoms with Crippen LogP contribution in [0.15, 0.2) is 18.2 Å². The lowest BCUT2D eigenvalue weighted by Gasteiger charge is -2.18. The number of hydrogen-bond acceptors (Lipinski definition) is 4. The molecule has 0 amide bonds. The number of aromatic carboxylic acids is 1. The average Bonchev–Trinajstić information content (AvgIpc) is 2.24. The van der Waals surface area contributed by atoms with Crippen LogP contribution in [-0.2, 0) is 10.0 Å². The van der Waals surface area contributed by atoms with E-state index in [1.807, 2.05) is 20.8 Å². The number of carbonyl (C=O) groups is 1. The lowest BCUT2D eigenvalue weighted by Crippen LogP contribution is -2.20. The monoisotopic (exact) mass is 301 g/mol. The van der Waals surface area contributed by atoms with E-state index in [-0.39, 0.29) is 22.4 Å². The molecule has 0 atom stereocenters. The number of carboxylic acid groups (broad SMARTS) is 1. The SMILES string of the molecule is CC(C)(C)CCS(=O)(=O)Nc1ccc(C(=O)O)c(O)c1. The van der Waals surface area contributed by atoms with E-state index in [2.05, 4.69) is 4.72 Å². The van der Waals surface area contributed by atoms with Crippen molar-refractivity contribution < 1.29 is 23.4 Å². The van der Waals surface area contributed by atoms with Crippen molar-refractivity contribution in [3.05, 3.63) is 23.8 Å². The van der Waals surface area contributed by atoms with E-state index < -0.39 is 21.7 Å². The molecule has 0 fully saturated rings. The third kappa shape index (κ3) is 5.08. The minimum absolute atomic E-state index is 0.0437. The second-order valence-corrected chi connectivity index (χ2v) is 7.61. The lowest BCUT2D eigenvalue weighted by molar-refractivity contribution is 0.0694. The van der Waals surface area contributed by atoms with Crippen molar-refractivity contribution in [3.63, 3.8) is 0 Å². The highest BCUT2D eigenvalue weighted by Crippen LogP contribution is 2.24. The third-order valence-corrected chi connectivity index (χ3v) is 3.91. The number of benzene rings is 1. The highest BCUT2D eigenvalue weighted by Gasteiger charge is 2.18. The molecule has 0 heterocycles. The summed E-state index contributed by atoms with van der Waals surface area (Å²) in [5.74, 6) is -1.80. The van der Waals surface area contributed by atoms with E-state index >= 15 is 0 Å². The molecule has 3 N–H and O–H groups in total. The molecular weight excluding hydrogens is 282 g/mol. The van der Waals surface area contributed by atoms with E-state index in [4.69, 9.17) is 5.11 Å². The van der Waals surface area contributed by atoms with Crippen LogP contribution in [0.3, 0.4) is 0 Å². The number of hydrogen-bond donors (Lipinski definition) is 3. The summed E-state index contributed by atoms with van der Waals surface area (Å²) in [6.07, 6.45) is 0.488. The molecule has 7 heteroatoms. The second-order valence-electron chi connectivity index (χ2n) is 5.77. The van der Waals surface area contributed by atoms with Gasteiger partial charge >= 0.3 is 5.97 Å². The van der Waals surface area contributed by atoms with Crippen molar-refractivity contribution in [2.75, 3.05) is 10.5 Å². The molecule has 1 aromatic carbocycles. The molecule has 112 valence electrons. The fourth-order valence-corrected chi connectivity index (χ4v) is 2.92. The van der Waals surface area contributed by atoms with Crippen LogP contribution in [0.4, 0.5) is 5.69 Å². The highest BCUT2D eigenvalue weighted by atomic mass is 32.2. The number of phenols is 1. The van der Waals surface area contributed by atoms with Gasteiger partial charge in [0, 0.05) is 6.07 Å². The Morgan fingerprint density at radius 3 is 2.35 bits per heavy atom. The Hall–Kier alpha value is -1.76. The predicted molar refractivity (Wildman–Crippen MR) is 76.5 cm³/mol. The Labute approximate surface area is 118 Å². The first-order valence-electron chi connectivity index (χ1n) is 6.07. The smallest absolute Gasteiger partial charge is 0.339 e. The van der Waals surface area contributed by atoms with Gasteiger partial charge in [-0.05, 0) is 24.0 Å². The first kappa shape index (κ1) is 16.3. The number of anilines is 1. The Bertz CT molecular complexity index is 602. The van der Waals surface area contributed by atoms with Crippen LogP contribution in [0.1, 0.15) is 37.6 Å². The first-order valence-corrected chi connectivity index (χ1v) is 7.72. The van der Waals surface area contributed by atoms with E-state index in [1.165, 1.54) is 6.07 Å². The number of aromatic hydroxyl groups is 1. The zero-order chi connectivity index (χ0) is 15.6. The molecule has 0 radical (unpaired) electrons. The molecule has 0 aliphatic carbocycles. The number of carboxylic acids is 1. The molecule has 0 saturated carbocycles. The molecule has 20 heavy (non-hydrogen) atoms. The van der Waals surface area contributed by atoms with Crippen LogP contribution in [0.5, 0.6) is 5.75 Å². The number of rotatable bonds is 5. The Kier molecular flexibility index (Phi) is 4.65. The standard InChI is InChI=1S/C13H19NO5S/c1-13(2,3)6-7-20(18,19)14-9-4-5-10(12(16)17)11(15)8-9/h4-5,8,14-15H,6-7H2,1-3H3,(H,16,17). The Morgan fingerprint density at radius 1 is 1.30 bits per heavy atom. The van der Waals surface area contributed by atoms with E-state index in [1.54, 1.807) is 0 Å². The van der Waals surface area contributed by atoms with Gasteiger partial charge in [0.15, 0.2) is 0 Å². The summed E-state index contributed by atoms with van der Waals surface area (Å²) in [4.78, 5) is 10.7. The maximum absolute atomic E-state index is 11.9. The van der Waals surface area contributed by atoms with Crippen LogP contribution in [-0.4, -0.2) is 30.4 Å². The van der Waals surface area contributed by atoms with Gasteiger partial charge in [-0.15, -0.1) is 0 Å². The van der Waals surface area contributed by atoms with Crippen molar-refractivity contribution in [2.45, 2.75) is 27.2 Å². The van der Waals surface area contributed by atoms with Gasteiger partial charge in [0.1, 0.15) is 11.3 Å². The van der Waals surface area contributed by atoms with Crippen molar-refractivity contribution in [1.29, 1.82) is 0 Å². The summed E-state index contributed by atoms with van der Waals surface area (Å²) in [5, 5.41) is 18.3. The van der Waals surface area contributed by atoms with Crippen molar-refractivity contribution in [3.8, 4) is 5.75 Å². The molecule has 0 bridgehead atoms. The summed E-state index contributed by atoms with van der Waals surface area (Å²) in [6.45, 7) is 5.82. The summed E-state index contributed by atoms with van der Waals surface area (Å²) >= 11 is 0. The van der Waals surface area contributed by atoms with Crippen molar-refractivity contribution in [1.82, 2.24) is 0 Å². The second kappa shape index (κ2) is 5.70. The minimum Gasteiger partial charge on any atom is -0.507 e. The molecule has 0 aliphatic heterocycles. The zero-order valence-corrected chi connectivity index (χ0v) is 12.5. The van der Waals surface area contributed by atoms with Gasteiger partial charge in [-0.1, -0.05) is 20.8 Å². The zero-order valence-electron chi connectivity index (χ0n) is 11.7. The molecule has 0 aromatic heterocycles. The normalized spacial score (nSPS) is 12.2. The van der Waals surface area contributed by atoms with Gasteiger partial charge in [-0.3, -0.25) is 4.72 Å². The Morgan fingerprint density at radius 2 is 1.90 bits per heavy atom. The van der Waals surface area contributed by atoms with E-state index in [0.717, 1.165) is 12.1 Å². The van der Waals surface area contributed by atoms with Gasteiger partial charge in [0.2, 0.25) is 10.0 Å². The predicted octanol–water partition coefficient (Wildman–Crippen LogP) is 2.27. The molecule has 6 nitrogen and oxygen atoms in total. The maximum Gasteiger partial charge on any atom is 0.339 e. The van der Waals surface area contributed by atoms with Crippen LogP contribution >= 0.6 is 0 Å². The van der Waals surface area contributed by atoms with Gasteiger partial charge < -0.3 is 10.2 Å². The summed E-state index contributed by atoms with van der Waals surface area (Å²) in [7, 11) is -3.53. The number of nitrogens with one attached hydrogen (secondary N) is 1. The Balaban J connectivity index is 2.83. The fourth-order valence-electron chi connectivity index (χ4n) is 1.45. The van der Waals surface area contributed by atoms with E-state index in [9.17, 15) is 18.3 Å². The topological polar surface area (TPSA) is 104 Å². The molecule has 1 rings (SSSR count). The van der Waals surface area contributed by atoms with Gasteiger partial charge in [0.25, 0.3) is 0 Å². The van der Waals surface area contributed by atoms with Crippen molar-refractivity contribution in [2.24, 2.45) is 5.41 Å². The minimum atomic E-state index is -3.53. The summed E-state index contributed by atoms with van der Waals surface area (Å²) < 4.78 is 26.1. The molecular formula is C13H19NO5S. The van der Waals surface area contributed by atoms with Crippen LogP contribution in [0.2, 0.25) is 0 Å².